The van der Waals surface area contributed by atoms with Gasteiger partial charge >= 0.3 is 0 Å². The van der Waals surface area contributed by atoms with Crippen molar-refractivity contribution in [2.75, 3.05) is 33.1 Å². The molecule has 1 N–H and O–H groups in total. The second-order valence-corrected chi connectivity index (χ2v) is 9.00. The van der Waals surface area contributed by atoms with Crippen molar-refractivity contribution in [1.29, 1.82) is 0 Å². The lowest BCUT2D eigenvalue weighted by molar-refractivity contribution is -0.128. The Bertz CT molecular complexity index is 977. The van der Waals surface area contributed by atoms with E-state index in [-0.39, 0.29) is 11.9 Å². The number of benzene rings is 1. The molecule has 7 nitrogen and oxygen atoms in total. The first-order valence-corrected chi connectivity index (χ1v) is 11.7. The molecule has 172 valence electrons. The maximum atomic E-state index is 11.7. The molecule has 1 aromatic carbocycles. The molecule has 1 saturated heterocycles. The lowest BCUT2D eigenvalue weighted by atomic mass is 9.98. The third-order valence-corrected chi connectivity index (χ3v) is 6.77. The molecule has 1 fully saturated rings. The van der Waals surface area contributed by atoms with Crippen LogP contribution in [0.3, 0.4) is 0 Å². The number of nitrogens with zero attached hydrogens (tertiary/aromatic N) is 4. The summed E-state index contributed by atoms with van der Waals surface area (Å²) >= 11 is 0. The van der Waals surface area contributed by atoms with Crippen LogP contribution in [0.1, 0.15) is 66.9 Å². The van der Waals surface area contributed by atoms with E-state index < -0.39 is 0 Å². The number of rotatable bonds is 7. The molecule has 0 radical (unpaired) electrons. The molecule has 7 heteroatoms. The maximum Gasteiger partial charge on any atom is 0.219 e. The molecular formula is C25H35N5O2. The second kappa shape index (κ2) is 9.86. The zero-order chi connectivity index (χ0) is 22.7. The van der Waals surface area contributed by atoms with Crippen molar-refractivity contribution in [2.24, 2.45) is 0 Å². The molecule has 2 aliphatic rings. The maximum absolute atomic E-state index is 11.7. The average Bonchev–Trinajstić information content (AvgIpc) is 3.25. The monoisotopic (exact) mass is 437 g/mol. The van der Waals surface area contributed by atoms with E-state index in [1.165, 1.54) is 29.5 Å². The number of anilines is 1. The number of piperidine rings is 1. The highest BCUT2D eigenvalue weighted by atomic mass is 16.5. The van der Waals surface area contributed by atoms with Crippen LogP contribution in [0.25, 0.3) is 0 Å². The number of likely N-dealkylation sites (tertiary alicyclic amines) is 1. The van der Waals surface area contributed by atoms with E-state index in [4.69, 9.17) is 14.7 Å². The molecule has 1 atom stereocenters. The number of ether oxygens (including phenoxy) is 1. The van der Waals surface area contributed by atoms with Crippen LogP contribution in [0.2, 0.25) is 0 Å². The van der Waals surface area contributed by atoms with Crippen molar-refractivity contribution in [3.05, 3.63) is 46.4 Å². The number of aryl methyl sites for hydroxylation is 2. The van der Waals surface area contributed by atoms with Crippen LogP contribution in [0, 0.1) is 0 Å². The van der Waals surface area contributed by atoms with Crippen molar-refractivity contribution >= 4 is 11.7 Å². The lowest BCUT2D eigenvalue weighted by Crippen LogP contribution is -2.34. The number of carbonyl (C=O) groups is 1. The molecule has 0 bridgehead atoms. The zero-order valence-corrected chi connectivity index (χ0v) is 19.8. The van der Waals surface area contributed by atoms with E-state index in [0.29, 0.717) is 6.54 Å². The molecular weight excluding hydrogens is 402 g/mol. The van der Waals surface area contributed by atoms with Gasteiger partial charge in [0.2, 0.25) is 5.91 Å². The molecule has 2 aromatic rings. The highest BCUT2D eigenvalue weighted by molar-refractivity contribution is 5.72. The van der Waals surface area contributed by atoms with Crippen LogP contribution in [-0.2, 0) is 30.7 Å². The van der Waals surface area contributed by atoms with E-state index in [2.05, 4.69) is 22.3 Å². The summed E-state index contributed by atoms with van der Waals surface area (Å²) in [6.45, 7) is 3.90. The molecule has 1 aromatic heterocycles. The van der Waals surface area contributed by atoms with Gasteiger partial charge in [-0.2, -0.15) is 0 Å². The first-order chi connectivity index (χ1) is 15.5. The number of aromatic nitrogens is 2. The number of fused-ring (bicyclic) bond motifs is 1. The van der Waals surface area contributed by atoms with Gasteiger partial charge < -0.3 is 15.0 Å². The Balaban J connectivity index is 1.62. The standard InChI is InChI=1S/C25H35N5O2/c1-17(31)29(3)16-21-14-24(26-2)28-25(27-21)22-10-5-6-11-30(22)15-20-12-18-8-7-9-19(18)13-23(20)32-4/h12-14,22H,5-11,15-16H2,1-4H3,(H,26,27,28). The molecule has 1 amide bonds. The van der Waals surface area contributed by atoms with Crippen molar-refractivity contribution in [1.82, 2.24) is 19.8 Å². The van der Waals surface area contributed by atoms with E-state index in [1.807, 2.05) is 13.1 Å². The topological polar surface area (TPSA) is 70.6 Å². The number of hydrogen-bond acceptors (Lipinski definition) is 6. The Kier molecular flexibility index (Phi) is 6.94. The van der Waals surface area contributed by atoms with Gasteiger partial charge in [-0.15, -0.1) is 0 Å². The molecule has 1 aliphatic carbocycles. The van der Waals surface area contributed by atoms with Crippen LogP contribution in [0.4, 0.5) is 5.82 Å². The summed E-state index contributed by atoms with van der Waals surface area (Å²) in [5.74, 6) is 2.65. The van der Waals surface area contributed by atoms with Crippen LogP contribution in [-0.4, -0.2) is 53.4 Å². The van der Waals surface area contributed by atoms with E-state index in [9.17, 15) is 4.79 Å². The fraction of sp³-hybridized carbons (Fsp3) is 0.560. The summed E-state index contributed by atoms with van der Waals surface area (Å²) < 4.78 is 5.77. The number of amides is 1. The van der Waals surface area contributed by atoms with E-state index in [0.717, 1.165) is 61.9 Å². The predicted molar refractivity (Wildman–Crippen MR) is 126 cm³/mol. The lowest BCUT2D eigenvalue weighted by Gasteiger charge is -2.35. The molecule has 1 aliphatic heterocycles. The fourth-order valence-electron chi connectivity index (χ4n) is 4.89. The fourth-order valence-corrected chi connectivity index (χ4v) is 4.89. The zero-order valence-electron chi connectivity index (χ0n) is 19.8. The number of methoxy groups -OCH3 is 1. The van der Waals surface area contributed by atoms with Crippen LogP contribution in [0.5, 0.6) is 5.75 Å². The van der Waals surface area contributed by atoms with E-state index >= 15 is 0 Å². The van der Waals surface area contributed by atoms with Gasteiger partial charge in [-0.1, -0.05) is 12.5 Å². The van der Waals surface area contributed by atoms with Gasteiger partial charge in [0.25, 0.3) is 0 Å². The Morgan fingerprint density at radius 2 is 1.97 bits per heavy atom. The summed E-state index contributed by atoms with van der Waals surface area (Å²) in [5, 5.41) is 3.17. The Morgan fingerprint density at radius 1 is 1.19 bits per heavy atom. The minimum atomic E-state index is 0.0270. The summed E-state index contributed by atoms with van der Waals surface area (Å²) in [6, 6.07) is 6.67. The van der Waals surface area contributed by atoms with Crippen molar-refractivity contribution < 1.29 is 9.53 Å². The van der Waals surface area contributed by atoms with Crippen molar-refractivity contribution in [2.45, 2.75) is 64.6 Å². The third-order valence-electron chi connectivity index (χ3n) is 6.77. The molecule has 0 spiro atoms. The summed E-state index contributed by atoms with van der Waals surface area (Å²) in [7, 11) is 5.44. The van der Waals surface area contributed by atoms with Crippen LogP contribution in [0.15, 0.2) is 18.2 Å². The summed E-state index contributed by atoms with van der Waals surface area (Å²) in [4.78, 5) is 25.6. The first kappa shape index (κ1) is 22.5. The third kappa shape index (κ3) is 4.88. The molecule has 32 heavy (non-hydrogen) atoms. The van der Waals surface area contributed by atoms with Gasteiger partial charge in [0, 0.05) is 39.2 Å². The number of hydrogen-bond donors (Lipinski definition) is 1. The molecule has 1 unspecified atom stereocenters. The quantitative estimate of drug-likeness (QED) is 0.712. The first-order valence-electron chi connectivity index (χ1n) is 11.7. The minimum Gasteiger partial charge on any atom is -0.496 e. The highest BCUT2D eigenvalue weighted by Crippen LogP contribution is 2.35. The van der Waals surface area contributed by atoms with Gasteiger partial charge in [-0.25, -0.2) is 9.97 Å². The van der Waals surface area contributed by atoms with Gasteiger partial charge in [-0.05, 0) is 55.8 Å². The smallest absolute Gasteiger partial charge is 0.219 e. The molecule has 4 rings (SSSR count). The van der Waals surface area contributed by atoms with E-state index in [1.54, 1.807) is 26.0 Å². The average molecular weight is 438 g/mol. The van der Waals surface area contributed by atoms with Crippen molar-refractivity contribution in [3.63, 3.8) is 0 Å². The molecule has 2 heterocycles. The summed E-state index contributed by atoms with van der Waals surface area (Å²) in [5.41, 5.74) is 5.02. The SMILES string of the molecule is CNc1cc(CN(C)C(C)=O)nc(C2CCCCN2Cc2cc3c(cc2OC)CCC3)n1. The molecule has 0 saturated carbocycles. The normalized spacial score (nSPS) is 18.3. The number of nitrogens with one attached hydrogen (secondary N) is 1. The van der Waals surface area contributed by atoms with Crippen LogP contribution >= 0.6 is 0 Å². The second-order valence-electron chi connectivity index (χ2n) is 9.00. The summed E-state index contributed by atoms with van der Waals surface area (Å²) in [6.07, 6.45) is 6.92. The minimum absolute atomic E-state index is 0.0270. The number of carbonyl (C=O) groups excluding carboxylic acids is 1. The highest BCUT2D eigenvalue weighted by Gasteiger charge is 2.28. The Labute approximate surface area is 191 Å². The Hall–Kier alpha value is -2.67. The van der Waals surface area contributed by atoms with Gasteiger partial charge in [0.1, 0.15) is 17.4 Å². The van der Waals surface area contributed by atoms with Crippen molar-refractivity contribution in [3.8, 4) is 5.75 Å². The van der Waals surface area contributed by atoms with Gasteiger partial charge in [-0.3, -0.25) is 9.69 Å². The largest absolute Gasteiger partial charge is 0.496 e. The predicted octanol–water partition coefficient (Wildman–Crippen LogP) is 3.72. The van der Waals surface area contributed by atoms with Gasteiger partial charge in [0.15, 0.2) is 0 Å². The van der Waals surface area contributed by atoms with Crippen LogP contribution < -0.4 is 10.1 Å². The Morgan fingerprint density at radius 3 is 2.69 bits per heavy atom. The van der Waals surface area contributed by atoms with Gasteiger partial charge in [0.05, 0.1) is 25.4 Å².